The fourth-order valence-corrected chi connectivity index (χ4v) is 2.20. The van der Waals surface area contributed by atoms with Crippen LogP contribution in [0.2, 0.25) is 10.2 Å². The van der Waals surface area contributed by atoms with Gasteiger partial charge in [-0.25, -0.2) is 17.7 Å². The molecule has 106 valence electrons. The first-order chi connectivity index (χ1) is 8.74. The molecule has 1 rings (SSSR count). The average Bonchev–Trinajstić information content (AvgIpc) is 2.31. The summed E-state index contributed by atoms with van der Waals surface area (Å²) in [5.74, 6) is -0.773. The van der Waals surface area contributed by atoms with E-state index in [9.17, 15) is 13.2 Å². The highest BCUT2D eigenvalue weighted by Gasteiger charge is 2.16. The smallest absolute Gasteiger partial charge is 0.271 e. The first-order valence-corrected chi connectivity index (χ1v) is 7.61. The second-order valence-corrected chi connectivity index (χ2v) is 6.92. The summed E-state index contributed by atoms with van der Waals surface area (Å²) < 4.78 is 24.0. The van der Waals surface area contributed by atoms with Crippen molar-refractivity contribution < 1.29 is 13.2 Å². The minimum absolute atomic E-state index is 0.0311. The summed E-state index contributed by atoms with van der Waals surface area (Å²) in [6.07, 6.45) is 0. The molecule has 0 saturated carbocycles. The molecule has 1 heterocycles. The maximum Gasteiger partial charge on any atom is 0.271 e. The Morgan fingerprint density at radius 3 is 2.58 bits per heavy atom. The van der Waals surface area contributed by atoms with Crippen molar-refractivity contribution in [1.29, 1.82) is 0 Å². The summed E-state index contributed by atoms with van der Waals surface area (Å²) in [5.41, 5.74) is -0.0311. The highest BCUT2D eigenvalue weighted by Crippen LogP contribution is 2.16. The van der Waals surface area contributed by atoms with Crippen molar-refractivity contribution in [3.05, 3.63) is 28.0 Å². The summed E-state index contributed by atoms with van der Waals surface area (Å²) in [6.45, 7) is -0.0378. The Balaban J connectivity index is 2.64. The Morgan fingerprint density at radius 1 is 1.37 bits per heavy atom. The number of sulfonamides is 1. The average molecular weight is 326 g/mol. The van der Waals surface area contributed by atoms with Crippen LogP contribution in [0.1, 0.15) is 10.5 Å². The Kier molecular flexibility index (Phi) is 5.54. The second-order valence-electron chi connectivity index (χ2n) is 3.82. The van der Waals surface area contributed by atoms with Gasteiger partial charge < -0.3 is 5.32 Å². The van der Waals surface area contributed by atoms with Crippen molar-refractivity contribution in [3.8, 4) is 0 Å². The van der Waals surface area contributed by atoms with Gasteiger partial charge >= 0.3 is 0 Å². The van der Waals surface area contributed by atoms with Crippen molar-refractivity contribution in [3.63, 3.8) is 0 Å². The summed E-state index contributed by atoms with van der Waals surface area (Å²) >= 11 is 11.5. The fourth-order valence-electron chi connectivity index (χ4n) is 1.14. The molecule has 6 nitrogen and oxygen atoms in total. The summed E-state index contributed by atoms with van der Waals surface area (Å²) in [5, 5.41) is 2.71. The van der Waals surface area contributed by atoms with Crippen LogP contribution in [0, 0.1) is 0 Å². The van der Waals surface area contributed by atoms with Gasteiger partial charge in [-0.3, -0.25) is 4.79 Å². The van der Waals surface area contributed by atoms with Gasteiger partial charge in [-0.1, -0.05) is 23.2 Å². The Morgan fingerprint density at radius 2 is 2.00 bits per heavy atom. The van der Waals surface area contributed by atoms with Gasteiger partial charge in [0.25, 0.3) is 5.91 Å². The van der Waals surface area contributed by atoms with E-state index < -0.39 is 15.9 Å². The molecule has 0 fully saturated rings. The highest BCUT2D eigenvalue weighted by molar-refractivity contribution is 7.89. The zero-order valence-electron chi connectivity index (χ0n) is 10.4. The molecule has 0 bridgehead atoms. The van der Waals surface area contributed by atoms with Crippen LogP contribution in [0.5, 0.6) is 0 Å². The lowest BCUT2D eigenvalue weighted by molar-refractivity contribution is 0.0951. The van der Waals surface area contributed by atoms with E-state index >= 15 is 0 Å². The second kappa shape index (κ2) is 6.51. The van der Waals surface area contributed by atoms with Crippen molar-refractivity contribution in [2.45, 2.75) is 0 Å². The molecule has 9 heteroatoms. The molecule has 0 aliphatic carbocycles. The van der Waals surface area contributed by atoms with Crippen molar-refractivity contribution >= 4 is 39.1 Å². The van der Waals surface area contributed by atoms with Crippen molar-refractivity contribution in [2.75, 3.05) is 26.4 Å². The molecule has 0 aliphatic rings. The van der Waals surface area contributed by atoms with Crippen LogP contribution in [-0.4, -0.2) is 50.0 Å². The standard InChI is InChI=1S/C10H13Cl2N3O3S/c1-15(2)19(17,18)6-5-13-10(16)9-7(11)3-4-8(12)14-9/h3-4H,5-6H2,1-2H3,(H,13,16). The van der Waals surface area contributed by atoms with E-state index in [0.717, 1.165) is 4.31 Å². The summed E-state index contributed by atoms with van der Waals surface area (Å²) in [6, 6.07) is 2.90. The number of pyridine rings is 1. The predicted octanol–water partition coefficient (Wildman–Crippen LogP) is 1.01. The van der Waals surface area contributed by atoms with E-state index in [4.69, 9.17) is 23.2 Å². The number of amides is 1. The van der Waals surface area contributed by atoms with Crippen LogP contribution in [0.15, 0.2) is 12.1 Å². The first-order valence-electron chi connectivity index (χ1n) is 5.24. The molecule has 0 aliphatic heterocycles. The van der Waals surface area contributed by atoms with Gasteiger partial charge in [0, 0.05) is 20.6 Å². The first kappa shape index (κ1) is 16.2. The minimum Gasteiger partial charge on any atom is -0.350 e. The van der Waals surface area contributed by atoms with Crippen LogP contribution >= 0.6 is 23.2 Å². The van der Waals surface area contributed by atoms with E-state index in [1.54, 1.807) is 0 Å². The minimum atomic E-state index is -3.36. The van der Waals surface area contributed by atoms with E-state index in [-0.39, 0.29) is 28.2 Å². The van der Waals surface area contributed by atoms with Crippen molar-refractivity contribution in [1.82, 2.24) is 14.6 Å². The maximum atomic E-state index is 11.7. The number of halogens is 2. The van der Waals surface area contributed by atoms with E-state index in [0.29, 0.717) is 0 Å². The molecule has 0 saturated heterocycles. The predicted molar refractivity (Wildman–Crippen MR) is 74.1 cm³/mol. The van der Waals surface area contributed by atoms with Crippen LogP contribution in [0.4, 0.5) is 0 Å². The quantitative estimate of drug-likeness (QED) is 0.819. The normalized spacial score (nSPS) is 11.6. The van der Waals surface area contributed by atoms with E-state index in [1.807, 2.05) is 0 Å². The SMILES string of the molecule is CN(C)S(=O)(=O)CCNC(=O)c1nc(Cl)ccc1Cl. The summed E-state index contributed by atoms with van der Waals surface area (Å²) in [4.78, 5) is 15.5. The Bertz CT molecular complexity index is 575. The number of carbonyl (C=O) groups is 1. The number of hydrogen-bond donors (Lipinski definition) is 1. The number of nitrogens with one attached hydrogen (secondary N) is 1. The third kappa shape index (κ3) is 4.61. The largest absolute Gasteiger partial charge is 0.350 e. The lowest BCUT2D eigenvalue weighted by Gasteiger charge is -2.11. The molecular formula is C10H13Cl2N3O3S. The van der Waals surface area contributed by atoms with Crippen LogP contribution < -0.4 is 5.32 Å². The van der Waals surface area contributed by atoms with E-state index in [1.165, 1.54) is 26.2 Å². The summed E-state index contributed by atoms with van der Waals surface area (Å²) in [7, 11) is -0.509. The maximum absolute atomic E-state index is 11.7. The number of hydrogen-bond acceptors (Lipinski definition) is 4. The van der Waals surface area contributed by atoms with Gasteiger partial charge in [-0.2, -0.15) is 0 Å². The molecule has 0 atom stereocenters. The van der Waals surface area contributed by atoms with Crippen LogP contribution in [-0.2, 0) is 10.0 Å². The molecule has 0 aromatic carbocycles. The topological polar surface area (TPSA) is 79.4 Å². The van der Waals surface area contributed by atoms with Gasteiger partial charge in [-0.15, -0.1) is 0 Å². The third-order valence-electron chi connectivity index (χ3n) is 2.23. The molecule has 19 heavy (non-hydrogen) atoms. The van der Waals surface area contributed by atoms with Gasteiger partial charge in [0.15, 0.2) is 0 Å². The zero-order chi connectivity index (χ0) is 14.6. The van der Waals surface area contributed by atoms with Crippen LogP contribution in [0.3, 0.4) is 0 Å². The highest BCUT2D eigenvalue weighted by atomic mass is 35.5. The zero-order valence-corrected chi connectivity index (χ0v) is 12.7. The van der Waals surface area contributed by atoms with Gasteiger partial charge in [0.1, 0.15) is 10.8 Å². The molecule has 1 aromatic rings. The number of nitrogens with zero attached hydrogens (tertiary/aromatic N) is 2. The van der Waals surface area contributed by atoms with Gasteiger partial charge in [0.05, 0.1) is 10.8 Å². The van der Waals surface area contributed by atoms with Gasteiger partial charge in [-0.05, 0) is 12.1 Å². The molecule has 1 aromatic heterocycles. The van der Waals surface area contributed by atoms with Crippen LogP contribution in [0.25, 0.3) is 0 Å². The lowest BCUT2D eigenvalue weighted by atomic mass is 10.3. The third-order valence-corrected chi connectivity index (χ3v) is 4.58. The number of rotatable bonds is 5. The lowest BCUT2D eigenvalue weighted by Crippen LogP contribution is -2.34. The molecule has 1 amide bonds. The number of aromatic nitrogens is 1. The fraction of sp³-hybridized carbons (Fsp3) is 0.400. The molecular weight excluding hydrogens is 313 g/mol. The van der Waals surface area contributed by atoms with Crippen molar-refractivity contribution in [2.24, 2.45) is 0 Å². The molecule has 0 radical (unpaired) electrons. The molecule has 0 unspecified atom stereocenters. The Labute approximate surface area is 121 Å². The monoisotopic (exact) mass is 325 g/mol. The molecule has 1 N–H and O–H groups in total. The van der Waals surface area contributed by atoms with E-state index in [2.05, 4.69) is 10.3 Å². The van der Waals surface area contributed by atoms with Gasteiger partial charge in [0.2, 0.25) is 10.0 Å². The number of carbonyl (C=O) groups excluding carboxylic acids is 1. The Hall–Kier alpha value is -0.890. The molecule has 0 spiro atoms.